The van der Waals surface area contributed by atoms with Crippen molar-refractivity contribution in [3.05, 3.63) is 57.6 Å². The number of halogens is 1. The summed E-state index contributed by atoms with van der Waals surface area (Å²) < 4.78 is 3.74. The molecule has 0 aliphatic carbocycles. The van der Waals surface area contributed by atoms with Crippen molar-refractivity contribution in [3.8, 4) is 6.07 Å². The number of carbonyl (C=O) groups excluding carboxylic acids is 2. The molecule has 0 saturated carbocycles. The third kappa shape index (κ3) is 4.78. The summed E-state index contributed by atoms with van der Waals surface area (Å²) in [5, 5.41) is 25.1. The van der Waals surface area contributed by atoms with Gasteiger partial charge in [-0.2, -0.15) is 5.26 Å². The van der Waals surface area contributed by atoms with E-state index in [1.807, 2.05) is 4.57 Å². The van der Waals surface area contributed by atoms with Gasteiger partial charge in [0.2, 0.25) is 0 Å². The number of thiazole rings is 1. The summed E-state index contributed by atoms with van der Waals surface area (Å²) in [6, 6.07) is 4.52. The lowest BCUT2D eigenvalue weighted by atomic mass is 10.0. The lowest BCUT2D eigenvalue weighted by Gasteiger charge is -2.49. The standard InChI is InChI=1S/C23H19ClN8O5S2/c1-2-37-29-15(14-18(24)39-23(26)28-14)19(33)27-16-20(34)32-17(22(35)36)12(10-38-21(16)32)9-31-6-5-30-8-11(7-25)3-4-13(30)31/h3-6,8,16,21H,2,9-10H2,1H3,(H3-,26,27,28,33,35,36)/p+1/b29-15-/t16-,21-/m1/s1. The summed E-state index contributed by atoms with van der Waals surface area (Å²) in [7, 11) is 0. The molecule has 2 aliphatic heterocycles. The van der Waals surface area contributed by atoms with E-state index >= 15 is 0 Å². The van der Waals surface area contributed by atoms with Gasteiger partial charge in [0.05, 0.1) is 5.56 Å². The number of aromatic nitrogens is 3. The van der Waals surface area contributed by atoms with Crippen LogP contribution < -0.4 is 15.6 Å². The van der Waals surface area contributed by atoms with Crippen molar-refractivity contribution in [1.82, 2.24) is 19.6 Å². The topological polar surface area (TPSA) is 179 Å². The molecule has 3 aromatic heterocycles. The number of nitriles is 1. The molecule has 0 bridgehead atoms. The van der Waals surface area contributed by atoms with Crippen LogP contribution in [0.15, 0.2) is 47.1 Å². The number of nitrogens with zero attached hydrogens (tertiary/aromatic N) is 6. The second-order valence-corrected chi connectivity index (χ2v) is 11.1. The number of hydrogen-bond donors (Lipinski definition) is 3. The van der Waals surface area contributed by atoms with Crippen LogP contribution >= 0.6 is 34.7 Å². The van der Waals surface area contributed by atoms with E-state index in [-0.39, 0.29) is 39.7 Å². The van der Waals surface area contributed by atoms with Gasteiger partial charge in [-0.15, -0.1) is 11.8 Å². The molecular weight excluding hydrogens is 568 g/mol. The molecular formula is C23H20ClN8O5S2+. The first-order valence-corrected chi connectivity index (χ1v) is 13.7. The Morgan fingerprint density at radius 3 is 2.92 bits per heavy atom. The predicted octanol–water partition coefficient (Wildman–Crippen LogP) is 0.970. The zero-order valence-corrected chi connectivity index (χ0v) is 22.6. The Balaban J connectivity index is 1.38. The van der Waals surface area contributed by atoms with Crippen molar-refractivity contribution < 1.29 is 28.9 Å². The minimum atomic E-state index is -1.24. The van der Waals surface area contributed by atoms with Crippen LogP contribution in [0.4, 0.5) is 5.13 Å². The van der Waals surface area contributed by atoms with E-state index in [0.29, 0.717) is 16.9 Å². The number of β-lactam (4-membered cyclic amide) rings is 1. The number of amides is 2. The van der Waals surface area contributed by atoms with E-state index in [9.17, 15) is 19.5 Å². The number of imidazole rings is 1. The highest BCUT2D eigenvalue weighted by Crippen LogP contribution is 2.40. The molecule has 0 unspecified atom stereocenters. The van der Waals surface area contributed by atoms with E-state index in [0.717, 1.165) is 17.0 Å². The number of anilines is 1. The van der Waals surface area contributed by atoms with E-state index < -0.39 is 29.2 Å². The number of fused-ring (bicyclic) bond motifs is 2. The van der Waals surface area contributed by atoms with Gasteiger partial charge in [-0.05, 0) is 13.0 Å². The Hall–Kier alpha value is -4.13. The summed E-state index contributed by atoms with van der Waals surface area (Å²) in [4.78, 5) is 48.8. The lowest BCUT2D eigenvalue weighted by Crippen LogP contribution is -2.71. The Morgan fingerprint density at radius 1 is 1.46 bits per heavy atom. The highest BCUT2D eigenvalue weighted by atomic mass is 35.5. The van der Waals surface area contributed by atoms with Crippen LogP contribution in [0, 0.1) is 11.3 Å². The maximum absolute atomic E-state index is 13.1. The molecule has 13 nitrogen and oxygen atoms in total. The zero-order chi connectivity index (χ0) is 27.8. The predicted molar refractivity (Wildman–Crippen MR) is 142 cm³/mol. The van der Waals surface area contributed by atoms with E-state index in [1.165, 1.54) is 16.7 Å². The first-order valence-electron chi connectivity index (χ1n) is 11.5. The Labute approximate surface area is 234 Å². The molecule has 5 rings (SSSR count). The summed E-state index contributed by atoms with van der Waals surface area (Å²) in [5.41, 5.74) is 7.14. The number of nitrogen functional groups attached to an aromatic ring is 1. The SMILES string of the molecule is CCO/N=C(\C(=O)N[C@@H]1C(=O)N2C(C(=O)O)=C(C[n+]3ccn4cc(C#N)ccc43)CS[C@H]12)c1nc(N)sc1Cl. The van der Waals surface area contributed by atoms with Gasteiger partial charge in [0.15, 0.2) is 10.8 Å². The van der Waals surface area contributed by atoms with Crippen LogP contribution in [0.3, 0.4) is 0 Å². The van der Waals surface area contributed by atoms with E-state index in [1.54, 1.807) is 42.0 Å². The van der Waals surface area contributed by atoms with Crippen LogP contribution in [-0.4, -0.2) is 66.7 Å². The molecule has 0 radical (unpaired) electrons. The molecule has 0 aromatic carbocycles. The second-order valence-electron chi connectivity index (χ2n) is 8.37. The summed E-state index contributed by atoms with van der Waals surface area (Å²) >= 11 is 8.46. The lowest BCUT2D eigenvalue weighted by molar-refractivity contribution is -0.662. The summed E-state index contributed by atoms with van der Waals surface area (Å²) in [6.07, 6.45) is 5.21. The van der Waals surface area contributed by atoms with Crippen LogP contribution in [0.5, 0.6) is 0 Å². The highest BCUT2D eigenvalue weighted by Gasteiger charge is 2.54. The number of nitrogens with one attached hydrogen (secondary N) is 1. The van der Waals surface area contributed by atoms with Gasteiger partial charge in [0.1, 0.15) is 65.0 Å². The first kappa shape index (κ1) is 26.5. The molecule has 2 atom stereocenters. The Morgan fingerprint density at radius 2 is 2.26 bits per heavy atom. The maximum atomic E-state index is 13.1. The number of hydrogen-bond acceptors (Lipinski definition) is 10. The van der Waals surface area contributed by atoms with Crippen LogP contribution in [-0.2, 0) is 25.8 Å². The van der Waals surface area contributed by atoms with Crippen molar-refractivity contribution in [2.45, 2.75) is 24.9 Å². The van der Waals surface area contributed by atoms with Gasteiger partial charge in [-0.3, -0.25) is 14.5 Å². The number of aliphatic carboxylic acids is 1. The molecule has 3 aromatic rings. The van der Waals surface area contributed by atoms with Crippen molar-refractivity contribution in [2.75, 3.05) is 18.1 Å². The van der Waals surface area contributed by atoms with Gasteiger partial charge < -0.3 is 21.0 Å². The molecule has 5 heterocycles. The minimum Gasteiger partial charge on any atom is -0.477 e. The van der Waals surface area contributed by atoms with Crippen molar-refractivity contribution in [3.63, 3.8) is 0 Å². The molecule has 16 heteroatoms. The van der Waals surface area contributed by atoms with Gasteiger partial charge >= 0.3 is 5.97 Å². The average molecular weight is 588 g/mol. The Bertz CT molecular complexity index is 1620. The molecule has 2 amide bonds. The molecule has 1 fully saturated rings. The van der Waals surface area contributed by atoms with Crippen molar-refractivity contribution in [1.29, 1.82) is 5.26 Å². The molecule has 0 spiro atoms. The van der Waals surface area contributed by atoms with Gasteiger partial charge in [0.25, 0.3) is 17.5 Å². The molecule has 39 heavy (non-hydrogen) atoms. The van der Waals surface area contributed by atoms with Crippen molar-refractivity contribution >= 4 is 69.0 Å². The monoisotopic (exact) mass is 587 g/mol. The number of carboxylic acid groups (broad SMARTS) is 1. The highest BCUT2D eigenvalue weighted by molar-refractivity contribution is 8.00. The molecule has 4 N–H and O–H groups in total. The number of nitrogens with two attached hydrogens (primary N) is 1. The quantitative estimate of drug-likeness (QED) is 0.150. The number of thioether (sulfide) groups is 1. The number of carboxylic acids is 1. The zero-order valence-electron chi connectivity index (χ0n) is 20.2. The normalized spacial score (nSPS) is 18.9. The third-order valence-corrected chi connectivity index (χ3v) is 8.43. The third-order valence-electron chi connectivity index (χ3n) is 6.01. The smallest absolute Gasteiger partial charge is 0.352 e. The number of oxime groups is 1. The van der Waals surface area contributed by atoms with Gasteiger partial charge in [-0.1, -0.05) is 28.1 Å². The average Bonchev–Trinajstić information content (AvgIpc) is 3.47. The van der Waals surface area contributed by atoms with Crippen molar-refractivity contribution in [2.24, 2.45) is 5.16 Å². The first-order chi connectivity index (χ1) is 18.7. The van der Waals surface area contributed by atoms with E-state index in [4.69, 9.17) is 27.4 Å². The van der Waals surface area contributed by atoms with Crippen LogP contribution in [0.1, 0.15) is 18.2 Å². The number of carbonyl (C=O) groups is 3. The van der Waals surface area contributed by atoms with E-state index in [2.05, 4.69) is 21.5 Å². The molecule has 1 saturated heterocycles. The Kier molecular flexibility index (Phi) is 7.17. The molecule has 200 valence electrons. The number of rotatable bonds is 8. The van der Waals surface area contributed by atoms with Crippen LogP contribution in [0.2, 0.25) is 4.34 Å². The fourth-order valence-electron chi connectivity index (χ4n) is 4.31. The van der Waals surface area contributed by atoms with Crippen LogP contribution in [0.25, 0.3) is 5.65 Å². The number of pyridine rings is 1. The maximum Gasteiger partial charge on any atom is 0.352 e. The fraction of sp³-hybridized carbons (Fsp3) is 0.261. The van der Waals surface area contributed by atoms with Gasteiger partial charge in [-0.25, -0.2) is 18.7 Å². The molecule has 2 aliphatic rings. The second kappa shape index (κ2) is 10.6. The summed E-state index contributed by atoms with van der Waals surface area (Å²) in [6.45, 7) is 2.07. The largest absolute Gasteiger partial charge is 0.477 e. The summed E-state index contributed by atoms with van der Waals surface area (Å²) in [5.74, 6) is -2.25. The fourth-order valence-corrected chi connectivity index (χ4v) is 6.57. The minimum absolute atomic E-state index is 0.0251. The van der Waals surface area contributed by atoms with Gasteiger partial charge in [0, 0.05) is 17.4 Å².